The quantitative estimate of drug-likeness (QED) is 0.509. The fourth-order valence-electron chi connectivity index (χ4n) is 1.17. The van der Waals surface area contributed by atoms with E-state index in [1.807, 2.05) is 31.2 Å². The molecule has 1 aromatic rings. The molecule has 0 fully saturated rings. The van der Waals surface area contributed by atoms with E-state index in [1.54, 1.807) is 6.92 Å². The maximum Gasteiger partial charge on any atom is 0.220 e. The molecule has 5 heteroatoms. The first kappa shape index (κ1) is 14.7. The topological polar surface area (TPSA) is 29.1 Å². The largest absolute Gasteiger partial charge is 0.341 e. The summed E-state index contributed by atoms with van der Waals surface area (Å²) in [7, 11) is 0. The van der Waals surface area contributed by atoms with Gasteiger partial charge >= 0.3 is 0 Å². The summed E-state index contributed by atoms with van der Waals surface area (Å²) in [6.07, 6.45) is 0.422. The number of carbonyl (C=O) groups is 1. The summed E-state index contributed by atoms with van der Waals surface area (Å²) in [4.78, 5) is 11.7. The third-order valence-corrected chi connectivity index (χ3v) is 4.13. The highest BCUT2D eigenvalue weighted by Gasteiger charge is 2.19. The second kappa shape index (κ2) is 7.14. The molecule has 1 atom stereocenters. The number of alkyl halides is 2. The zero-order valence-corrected chi connectivity index (χ0v) is 12.1. The number of hydrogen-bond donors (Lipinski definition) is 1. The third kappa shape index (κ3) is 5.19. The van der Waals surface area contributed by atoms with Crippen molar-refractivity contribution in [2.75, 3.05) is 0 Å². The van der Waals surface area contributed by atoms with E-state index in [9.17, 15) is 4.79 Å². The van der Waals surface area contributed by atoms with Crippen molar-refractivity contribution in [1.82, 2.24) is 5.32 Å². The number of halogens is 2. The van der Waals surface area contributed by atoms with Crippen molar-refractivity contribution in [1.29, 1.82) is 0 Å². The van der Waals surface area contributed by atoms with Gasteiger partial charge in [0.05, 0.1) is 0 Å². The minimum Gasteiger partial charge on any atom is -0.341 e. The molecule has 0 bridgehead atoms. The molecule has 2 nitrogen and oxygen atoms in total. The van der Waals surface area contributed by atoms with Gasteiger partial charge in [-0.05, 0) is 19.1 Å². The molecule has 0 aliphatic carbocycles. The number of amides is 1. The van der Waals surface area contributed by atoms with Crippen molar-refractivity contribution in [3.05, 3.63) is 29.8 Å². The summed E-state index contributed by atoms with van der Waals surface area (Å²) >= 11 is 13.2. The maximum absolute atomic E-state index is 11.3. The second-order valence-corrected chi connectivity index (χ2v) is 5.99. The average molecular weight is 292 g/mol. The van der Waals surface area contributed by atoms with Crippen LogP contribution in [-0.4, -0.2) is 16.1 Å². The third-order valence-electron chi connectivity index (χ3n) is 2.14. The van der Waals surface area contributed by atoms with Gasteiger partial charge in [-0.1, -0.05) is 36.4 Å². The summed E-state index contributed by atoms with van der Waals surface area (Å²) in [5.41, 5.74) is 1.19. The molecule has 0 radical (unpaired) electrons. The molecule has 0 aromatic heterocycles. The van der Waals surface area contributed by atoms with Crippen LogP contribution in [0, 0.1) is 6.92 Å². The van der Waals surface area contributed by atoms with Gasteiger partial charge in [0.25, 0.3) is 0 Å². The first-order valence-corrected chi connectivity index (χ1v) is 7.09. The molecule has 1 aromatic carbocycles. The van der Waals surface area contributed by atoms with E-state index in [0.717, 1.165) is 4.90 Å². The molecule has 1 amide bonds. The molecule has 1 unspecified atom stereocenters. The number of hydrogen-bond acceptors (Lipinski definition) is 2. The predicted molar refractivity (Wildman–Crippen MR) is 74.8 cm³/mol. The van der Waals surface area contributed by atoms with Crippen LogP contribution >= 0.6 is 35.0 Å². The predicted octanol–water partition coefficient (Wildman–Crippen LogP) is 3.74. The molecular formula is C12H15Cl2NOS. The lowest BCUT2D eigenvalue weighted by molar-refractivity contribution is -0.120. The molecule has 0 saturated carbocycles. The Bertz CT molecular complexity index is 367. The van der Waals surface area contributed by atoms with Gasteiger partial charge < -0.3 is 5.32 Å². The van der Waals surface area contributed by atoms with Gasteiger partial charge in [0, 0.05) is 11.3 Å². The van der Waals surface area contributed by atoms with Gasteiger partial charge in [-0.3, -0.25) is 4.79 Å². The highest BCUT2D eigenvalue weighted by atomic mass is 35.5. The SMILES string of the molecule is CCC(=O)NC(Sc1ccc(C)cc1)C(Cl)Cl. The molecule has 1 N–H and O–H groups in total. The van der Waals surface area contributed by atoms with Gasteiger partial charge in [-0.25, -0.2) is 0 Å². The van der Waals surface area contributed by atoms with Crippen LogP contribution in [0.2, 0.25) is 0 Å². The van der Waals surface area contributed by atoms with Crippen LogP contribution in [0.4, 0.5) is 0 Å². The monoisotopic (exact) mass is 291 g/mol. The van der Waals surface area contributed by atoms with Crippen molar-refractivity contribution in [3.63, 3.8) is 0 Å². The Hall–Kier alpha value is -0.380. The second-order valence-electron chi connectivity index (χ2n) is 3.61. The first-order valence-electron chi connectivity index (χ1n) is 5.33. The normalized spacial score (nSPS) is 12.5. The molecule has 0 aliphatic rings. The zero-order chi connectivity index (χ0) is 12.8. The molecule has 17 heavy (non-hydrogen) atoms. The fraction of sp³-hybridized carbons (Fsp3) is 0.417. The van der Waals surface area contributed by atoms with Crippen LogP contribution < -0.4 is 5.32 Å². The van der Waals surface area contributed by atoms with Gasteiger partial charge in [0.1, 0.15) is 10.2 Å². The van der Waals surface area contributed by atoms with Gasteiger partial charge in [-0.15, -0.1) is 23.2 Å². The van der Waals surface area contributed by atoms with Crippen LogP contribution in [0.1, 0.15) is 18.9 Å². The average Bonchev–Trinajstić information content (AvgIpc) is 2.30. The Morgan fingerprint density at radius 1 is 1.35 bits per heavy atom. The first-order chi connectivity index (χ1) is 8.02. The van der Waals surface area contributed by atoms with Crippen molar-refractivity contribution in [2.24, 2.45) is 0 Å². The van der Waals surface area contributed by atoms with Gasteiger partial charge in [0.2, 0.25) is 5.91 Å². The Morgan fingerprint density at radius 2 is 1.94 bits per heavy atom. The van der Waals surface area contributed by atoms with Crippen molar-refractivity contribution >= 4 is 40.9 Å². The van der Waals surface area contributed by atoms with E-state index in [-0.39, 0.29) is 11.3 Å². The maximum atomic E-state index is 11.3. The van der Waals surface area contributed by atoms with Crippen molar-refractivity contribution in [3.8, 4) is 0 Å². The number of benzene rings is 1. The van der Waals surface area contributed by atoms with Crippen LogP contribution in [0.25, 0.3) is 0 Å². The molecular weight excluding hydrogens is 277 g/mol. The minimum absolute atomic E-state index is 0.0547. The lowest BCUT2D eigenvalue weighted by atomic mass is 10.2. The number of carbonyl (C=O) groups excluding carboxylic acids is 1. The van der Waals surface area contributed by atoms with Crippen LogP contribution in [0.15, 0.2) is 29.2 Å². The van der Waals surface area contributed by atoms with E-state index in [2.05, 4.69) is 5.32 Å². The zero-order valence-electron chi connectivity index (χ0n) is 9.74. The summed E-state index contributed by atoms with van der Waals surface area (Å²) in [5.74, 6) is -0.0547. The number of thioether (sulfide) groups is 1. The highest BCUT2D eigenvalue weighted by molar-refractivity contribution is 8.00. The van der Waals surface area contributed by atoms with Gasteiger partial charge in [0.15, 0.2) is 0 Å². The highest BCUT2D eigenvalue weighted by Crippen LogP contribution is 2.28. The summed E-state index contributed by atoms with van der Waals surface area (Å²) < 4.78 is 0. The lowest BCUT2D eigenvalue weighted by Gasteiger charge is -2.18. The van der Waals surface area contributed by atoms with Crippen LogP contribution in [0.5, 0.6) is 0 Å². The summed E-state index contributed by atoms with van der Waals surface area (Å²) in [5, 5.41) is 2.46. The molecule has 1 rings (SSSR count). The van der Waals surface area contributed by atoms with E-state index >= 15 is 0 Å². The number of aryl methyl sites for hydroxylation is 1. The van der Waals surface area contributed by atoms with Crippen LogP contribution in [-0.2, 0) is 4.79 Å². The summed E-state index contributed by atoms with van der Waals surface area (Å²) in [6.45, 7) is 3.82. The van der Waals surface area contributed by atoms with E-state index < -0.39 is 4.84 Å². The molecule has 0 saturated heterocycles. The lowest BCUT2D eigenvalue weighted by Crippen LogP contribution is -2.36. The van der Waals surface area contributed by atoms with E-state index in [0.29, 0.717) is 6.42 Å². The Balaban J connectivity index is 2.66. The minimum atomic E-state index is -0.642. The molecule has 0 heterocycles. The Labute approximate surface area is 116 Å². The molecule has 0 aliphatic heterocycles. The van der Waals surface area contributed by atoms with Gasteiger partial charge in [-0.2, -0.15) is 0 Å². The number of rotatable bonds is 5. The molecule has 94 valence electrons. The Morgan fingerprint density at radius 3 is 2.41 bits per heavy atom. The van der Waals surface area contributed by atoms with E-state index in [4.69, 9.17) is 23.2 Å². The standard InChI is InChI=1S/C12H15Cl2NOS/c1-3-10(16)15-12(11(13)14)17-9-6-4-8(2)5-7-9/h4-7,11-12H,3H2,1-2H3,(H,15,16). The molecule has 0 spiro atoms. The Kier molecular flexibility index (Phi) is 6.17. The van der Waals surface area contributed by atoms with Crippen molar-refractivity contribution < 1.29 is 4.79 Å². The summed E-state index contributed by atoms with van der Waals surface area (Å²) in [6, 6.07) is 8.00. The van der Waals surface area contributed by atoms with Crippen molar-refractivity contribution in [2.45, 2.75) is 35.4 Å². The fourth-order valence-corrected chi connectivity index (χ4v) is 2.48. The number of nitrogens with one attached hydrogen (secondary N) is 1. The van der Waals surface area contributed by atoms with Crippen LogP contribution in [0.3, 0.4) is 0 Å². The smallest absolute Gasteiger partial charge is 0.220 e. The van der Waals surface area contributed by atoms with E-state index in [1.165, 1.54) is 17.3 Å².